The second-order valence-corrected chi connectivity index (χ2v) is 13.9. The van der Waals surface area contributed by atoms with Crippen molar-refractivity contribution < 1.29 is 49.0 Å². The molecule has 1 atom stereocenters. The summed E-state index contributed by atoms with van der Waals surface area (Å²) in [5.74, 6) is 0.560. The van der Waals surface area contributed by atoms with Crippen LogP contribution in [0.15, 0.2) is 71.3 Å². The summed E-state index contributed by atoms with van der Waals surface area (Å²) < 4.78 is 2.19. The molecule has 3 heteroatoms. The first-order valence-electron chi connectivity index (χ1n) is 14.2. The average molecular weight is 665 g/mol. The van der Waals surface area contributed by atoms with Crippen LogP contribution in [0.3, 0.4) is 0 Å². The minimum absolute atomic E-state index is 0. The van der Waals surface area contributed by atoms with Gasteiger partial charge in [-0.25, -0.2) is 5.57 Å². The third kappa shape index (κ3) is 9.74. The predicted octanol–water partition coefficient (Wildman–Crippen LogP) is 4.08. The van der Waals surface area contributed by atoms with Crippen molar-refractivity contribution in [3.63, 3.8) is 0 Å². The SMILES string of the molecule is CC(C)(C)c1c[c-]c2c(c1)-c1cc(C(C)(C)C)ccc1C2.CC1=[C-]C(C)C(C)=C1C.Cc1ccc([CH]=[Zr+2])cc1.[Cl-].[Cl-]. The van der Waals surface area contributed by atoms with Gasteiger partial charge in [0.05, 0.1) is 0 Å². The van der Waals surface area contributed by atoms with Crippen LogP contribution in [0.2, 0.25) is 0 Å². The van der Waals surface area contributed by atoms with E-state index in [4.69, 9.17) is 0 Å². The van der Waals surface area contributed by atoms with E-state index in [9.17, 15) is 0 Å². The number of benzene rings is 3. The number of allylic oxidation sites excluding steroid dienone is 4. The molecule has 5 rings (SSSR count). The van der Waals surface area contributed by atoms with E-state index in [1.165, 1.54) is 85.5 Å². The van der Waals surface area contributed by atoms with Gasteiger partial charge in [-0.1, -0.05) is 103 Å². The maximum atomic E-state index is 3.53. The Balaban J connectivity index is 0.000000351. The van der Waals surface area contributed by atoms with Crippen LogP contribution in [0, 0.1) is 25.0 Å². The van der Waals surface area contributed by atoms with Gasteiger partial charge in [0.1, 0.15) is 0 Å². The summed E-state index contributed by atoms with van der Waals surface area (Å²) >= 11 is 1.47. The Hall–Kier alpha value is -1.53. The zero-order chi connectivity index (χ0) is 29.1. The van der Waals surface area contributed by atoms with Crippen LogP contribution >= 0.6 is 0 Å². The number of hydrogen-bond donors (Lipinski definition) is 0. The molecule has 41 heavy (non-hydrogen) atoms. The molecule has 0 amide bonds. The van der Waals surface area contributed by atoms with Gasteiger partial charge in [-0.2, -0.15) is 40.5 Å². The molecular formula is C38H46Cl2Zr-2. The van der Waals surface area contributed by atoms with Crippen molar-refractivity contribution >= 4 is 3.71 Å². The van der Waals surface area contributed by atoms with Crippen molar-refractivity contribution in [3.05, 3.63) is 117 Å². The van der Waals surface area contributed by atoms with E-state index in [1.54, 1.807) is 0 Å². The molecule has 3 aromatic carbocycles. The molecule has 0 saturated heterocycles. The monoisotopic (exact) mass is 662 g/mol. The Labute approximate surface area is 278 Å². The number of aryl methyl sites for hydroxylation is 1. The van der Waals surface area contributed by atoms with Gasteiger partial charge < -0.3 is 24.8 Å². The van der Waals surface area contributed by atoms with Gasteiger partial charge in [0.25, 0.3) is 0 Å². The Morgan fingerprint density at radius 2 is 1.34 bits per heavy atom. The van der Waals surface area contributed by atoms with Crippen LogP contribution in [0.25, 0.3) is 11.1 Å². The van der Waals surface area contributed by atoms with Gasteiger partial charge in [-0.05, 0) is 17.4 Å². The minimum Gasteiger partial charge on any atom is -1.00 e. The van der Waals surface area contributed by atoms with E-state index in [1.807, 2.05) is 0 Å². The normalized spacial score (nSPS) is 15.1. The molecule has 0 N–H and O–H groups in total. The van der Waals surface area contributed by atoms with Crippen molar-refractivity contribution in [2.24, 2.45) is 5.92 Å². The Morgan fingerprint density at radius 3 is 1.78 bits per heavy atom. The fraction of sp³-hybridized carbons (Fsp3) is 0.395. The largest absolute Gasteiger partial charge is 1.00 e. The molecule has 0 fully saturated rings. The van der Waals surface area contributed by atoms with E-state index < -0.39 is 0 Å². The zero-order valence-corrected chi connectivity index (χ0v) is 30.8. The quantitative estimate of drug-likeness (QED) is 0.270. The molecule has 0 aliphatic heterocycles. The summed E-state index contributed by atoms with van der Waals surface area (Å²) in [7, 11) is 0. The van der Waals surface area contributed by atoms with E-state index in [-0.39, 0.29) is 35.6 Å². The maximum Gasteiger partial charge on any atom is -1.00 e. The number of halogens is 2. The predicted molar refractivity (Wildman–Crippen MR) is 167 cm³/mol. The third-order valence-corrected chi connectivity index (χ3v) is 8.83. The fourth-order valence-corrected chi connectivity index (χ4v) is 5.28. The standard InChI is InChI=1S/C21H25.C9H13.C8H8.2ClH.Zr/c1-20(2,3)16-9-7-14-11-15-8-10-17(21(4,5)6)13-19(15)18(14)12-16;1-6-5-7(2)9(4)8(6)3;1-7-3-5-8(2)6-4-7;;;/h7,9-10,12-13H,11H2,1-6H3;6H,1-4H3;1,3-6H,2H3;2*1H;/q2*-1;;;;+2/p-2. The van der Waals surface area contributed by atoms with Gasteiger partial charge in [-0.15, -0.1) is 12.5 Å². The average Bonchev–Trinajstić information content (AvgIpc) is 3.35. The van der Waals surface area contributed by atoms with E-state index >= 15 is 0 Å². The van der Waals surface area contributed by atoms with Crippen molar-refractivity contribution in [1.82, 2.24) is 0 Å². The molecule has 1 unspecified atom stereocenters. The van der Waals surface area contributed by atoms with Crippen molar-refractivity contribution in [3.8, 4) is 11.1 Å². The second kappa shape index (κ2) is 15.3. The Bertz CT molecular complexity index is 1330. The molecule has 3 aromatic rings. The van der Waals surface area contributed by atoms with Crippen LogP contribution in [0.1, 0.15) is 103 Å². The van der Waals surface area contributed by atoms with Gasteiger partial charge in [0.15, 0.2) is 0 Å². The second-order valence-electron chi connectivity index (χ2n) is 13.2. The van der Waals surface area contributed by atoms with E-state index in [0.717, 1.165) is 6.42 Å². The summed E-state index contributed by atoms with van der Waals surface area (Å²) in [4.78, 5) is 0. The molecule has 0 nitrogen and oxygen atoms in total. The van der Waals surface area contributed by atoms with Gasteiger partial charge in [-0.3, -0.25) is 6.08 Å². The Morgan fingerprint density at radius 1 is 0.780 bits per heavy atom. The number of fused-ring (bicyclic) bond motifs is 3. The van der Waals surface area contributed by atoms with Crippen molar-refractivity contribution in [2.45, 2.75) is 93.4 Å². The molecular weight excluding hydrogens is 619 g/mol. The summed E-state index contributed by atoms with van der Waals surface area (Å²) in [6.45, 7) is 24.4. The molecule has 0 spiro atoms. The van der Waals surface area contributed by atoms with Crippen LogP contribution in [-0.4, -0.2) is 3.71 Å². The first-order valence-corrected chi connectivity index (χ1v) is 15.6. The summed E-state index contributed by atoms with van der Waals surface area (Å²) in [6, 6.07) is 23.6. The van der Waals surface area contributed by atoms with Gasteiger partial charge >= 0.3 is 70.3 Å². The van der Waals surface area contributed by atoms with Crippen LogP contribution in [0.4, 0.5) is 0 Å². The molecule has 0 bridgehead atoms. The van der Waals surface area contributed by atoms with Crippen LogP contribution in [-0.2, 0) is 41.5 Å². The van der Waals surface area contributed by atoms with Gasteiger partial charge in [0, 0.05) is 0 Å². The molecule has 2 aliphatic rings. The van der Waals surface area contributed by atoms with Crippen molar-refractivity contribution in [1.29, 1.82) is 0 Å². The summed E-state index contributed by atoms with van der Waals surface area (Å²) in [5, 5.41) is 0. The summed E-state index contributed by atoms with van der Waals surface area (Å²) in [5.41, 5.74) is 15.7. The first-order chi connectivity index (χ1) is 18.1. The molecule has 2 aliphatic carbocycles. The smallest absolute Gasteiger partial charge is 1.00 e. The van der Waals surface area contributed by atoms with Crippen molar-refractivity contribution in [2.75, 3.05) is 0 Å². The van der Waals surface area contributed by atoms with E-state index in [0.29, 0.717) is 5.92 Å². The first kappa shape index (κ1) is 37.5. The molecule has 0 saturated carbocycles. The van der Waals surface area contributed by atoms with Gasteiger partial charge in [0.2, 0.25) is 0 Å². The Kier molecular flexibility index (Phi) is 14.0. The minimum atomic E-state index is 0. The van der Waals surface area contributed by atoms with Crippen LogP contribution < -0.4 is 24.8 Å². The molecule has 218 valence electrons. The van der Waals surface area contributed by atoms with Crippen LogP contribution in [0.5, 0.6) is 0 Å². The topological polar surface area (TPSA) is 0 Å². The fourth-order valence-electron chi connectivity index (χ4n) is 4.81. The molecule has 0 radical (unpaired) electrons. The molecule has 0 heterocycles. The summed E-state index contributed by atoms with van der Waals surface area (Å²) in [6.07, 6.45) is 4.39. The number of hydrogen-bond acceptors (Lipinski definition) is 0. The number of rotatable bonds is 1. The zero-order valence-electron chi connectivity index (χ0n) is 26.8. The molecule has 0 aromatic heterocycles. The van der Waals surface area contributed by atoms with E-state index in [2.05, 4.69) is 147 Å². The maximum absolute atomic E-state index is 3.53. The third-order valence-electron chi connectivity index (χ3n) is 8.01.